The van der Waals surface area contributed by atoms with Gasteiger partial charge in [-0.1, -0.05) is 35.5 Å². The van der Waals surface area contributed by atoms with Crippen LogP contribution in [0.4, 0.5) is 4.79 Å². The van der Waals surface area contributed by atoms with E-state index in [9.17, 15) is 9.90 Å². The second-order valence-corrected chi connectivity index (χ2v) is 9.91. The minimum absolute atomic E-state index is 0.108. The van der Waals surface area contributed by atoms with Crippen LogP contribution in [-0.2, 0) is 19.8 Å². The third-order valence-corrected chi connectivity index (χ3v) is 7.60. The zero-order valence-electron chi connectivity index (χ0n) is 16.7. The second-order valence-electron chi connectivity index (χ2n) is 6.72. The van der Waals surface area contributed by atoms with Crippen LogP contribution in [-0.4, -0.2) is 29.6 Å². The lowest BCUT2D eigenvalue weighted by Crippen LogP contribution is -2.41. The van der Waals surface area contributed by atoms with Gasteiger partial charge in [-0.25, -0.2) is 4.79 Å². The fraction of sp³-hybridized carbons (Fsp3) is 0.182. The zero-order chi connectivity index (χ0) is 22.7. The smallest absolute Gasteiger partial charge is 0.437 e. The Labute approximate surface area is 206 Å². The molecule has 0 aliphatic carbocycles. The first-order chi connectivity index (χ1) is 15.4. The van der Waals surface area contributed by atoms with E-state index in [-0.39, 0.29) is 12.2 Å². The Morgan fingerprint density at radius 1 is 1.34 bits per heavy atom. The van der Waals surface area contributed by atoms with Crippen molar-refractivity contribution in [1.82, 2.24) is 4.98 Å². The molecule has 10 heteroatoms. The van der Waals surface area contributed by atoms with E-state index in [1.165, 1.54) is 30.2 Å². The molecule has 0 amide bonds. The van der Waals surface area contributed by atoms with Crippen LogP contribution in [0.3, 0.4) is 0 Å². The number of hydrogen-bond donors (Lipinski definition) is 1. The van der Waals surface area contributed by atoms with E-state index < -0.39 is 18.0 Å². The molecule has 3 aromatic rings. The molecule has 0 bridgehead atoms. The van der Waals surface area contributed by atoms with Gasteiger partial charge in [0, 0.05) is 27.5 Å². The topological polar surface area (TPSA) is 77.9 Å². The molecule has 0 radical (unpaired) electrons. The van der Waals surface area contributed by atoms with Crippen LogP contribution < -0.4 is 0 Å². The molecule has 6 nitrogen and oxygen atoms in total. The van der Waals surface area contributed by atoms with Gasteiger partial charge in [0.1, 0.15) is 11.4 Å². The number of methoxy groups -OCH3 is 1. The number of thiophene rings is 1. The molecule has 1 aliphatic rings. The number of thioether (sulfide) groups is 1. The molecule has 4 rings (SSSR count). The summed E-state index contributed by atoms with van der Waals surface area (Å²) in [6, 6.07) is 12.7. The Morgan fingerprint density at radius 3 is 2.81 bits per heavy atom. The number of carbonyl (C=O) groups is 1. The highest BCUT2D eigenvalue weighted by Crippen LogP contribution is 2.49. The maximum absolute atomic E-state index is 12.1. The summed E-state index contributed by atoms with van der Waals surface area (Å²) in [5, 5.41) is 15.4. The van der Waals surface area contributed by atoms with E-state index in [0.29, 0.717) is 20.5 Å². The standard InChI is InChI=1S/C22H17BrClNO5S2/c1-28-21(27)29-16-10-22(13-8-9-31-12-13,18-7-6-14(23)11-25-18)30-20(26)19(16)32-17-5-3-2-4-15(17)24/h2-9,11-12,20,26H,10H2,1H3. The van der Waals surface area contributed by atoms with Crippen molar-refractivity contribution in [2.75, 3.05) is 7.11 Å². The number of nitrogens with zero attached hydrogens (tertiary/aromatic N) is 1. The molecule has 1 aromatic carbocycles. The van der Waals surface area contributed by atoms with Crippen molar-refractivity contribution >= 4 is 56.8 Å². The van der Waals surface area contributed by atoms with Crippen LogP contribution in [0, 0.1) is 0 Å². The molecule has 2 atom stereocenters. The first-order valence-electron chi connectivity index (χ1n) is 9.35. The van der Waals surface area contributed by atoms with Gasteiger partial charge in [-0.2, -0.15) is 11.3 Å². The minimum atomic E-state index is -1.41. The van der Waals surface area contributed by atoms with Gasteiger partial charge < -0.3 is 19.3 Å². The quantitative estimate of drug-likeness (QED) is 0.369. The predicted octanol–water partition coefficient (Wildman–Crippen LogP) is 6.33. The van der Waals surface area contributed by atoms with Crippen molar-refractivity contribution in [1.29, 1.82) is 0 Å². The van der Waals surface area contributed by atoms with Crippen LogP contribution in [0.1, 0.15) is 17.7 Å². The number of ether oxygens (including phenoxy) is 3. The normalized spacial score (nSPS) is 20.8. The zero-order valence-corrected chi connectivity index (χ0v) is 20.6. The number of benzene rings is 1. The van der Waals surface area contributed by atoms with Crippen molar-refractivity contribution in [3.05, 3.63) is 90.8 Å². The predicted molar refractivity (Wildman–Crippen MR) is 127 cm³/mol. The van der Waals surface area contributed by atoms with Crippen molar-refractivity contribution in [3.8, 4) is 0 Å². The number of halogens is 2. The SMILES string of the molecule is COC(=O)OC1=C(Sc2ccccc2Cl)C(O)OC(c2ccsc2)(c2ccc(Br)cn2)C1. The first kappa shape index (κ1) is 23.3. The van der Waals surface area contributed by atoms with Crippen molar-refractivity contribution in [2.45, 2.75) is 23.2 Å². The van der Waals surface area contributed by atoms with E-state index in [2.05, 4.69) is 20.9 Å². The van der Waals surface area contributed by atoms with E-state index in [1.54, 1.807) is 30.5 Å². The lowest BCUT2D eigenvalue weighted by atomic mass is 9.85. The van der Waals surface area contributed by atoms with E-state index in [0.717, 1.165) is 10.0 Å². The molecule has 166 valence electrons. The monoisotopic (exact) mass is 553 g/mol. The van der Waals surface area contributed by atoms with Gasteiger partial charge in [0.05, 0.1) is 22.7 Å². The number of pyridine rings is 1. The highest BCUT2D eigenvalue weighted by atomic mass is 79.9. The Bertz CT molecular complexity index is 1140. The molecule has 2 unspecified atom stereocenters. The Hall–Kier alpha value is -1.88. The summed E-state index contributed by atoms with van der Waals surface area (Å²) < 4.78 is 17.3. The molecule has 0 saturated heterocycles. The van der Waals surface area contributed by atoms with Gasteiger partial charge in [-0.3, -0.25) is 4.98 Å². The average Bonchev–Trinajstić information content (AvgIpc) is 3.33. The largest absolute Gasteiger partial charge is 0.513 e. The highest BCUT2D eigenvalue weighted by molar-refractivity contribution is 9.10. The molecule has 32 heavy (non-hydrogen) atoms. The number of carbonyl (C=O) groups excluding carboxylic acids is 1. The van der Waals surface area contributed by atoms with Gasteiger partial charge in [-0.15, -0.1) is 0 Å². The molecular weight excluding hydrogens is 538 g/mol. The molecule has 3 heterocycles. The fourth-order valence-corrected chi connectivity index (χ4v) is 5.43. The van der Waals surface area contributed by atoms with Crippen LogP contribution in [0.5, 0.6) is 0 Å². The number of aliphatic hydroxyl groups is 1. The summed E-state index contributed by atoms with van der Waals surface area (Å²) >= 11 is 12.4. The van der Waals surface area contributed by atoms with Gasteiger partial charge >= 0.3 is 6.16 Å². The minimum Gasteiger partial charge on any atom is -0.437 e. The highest BCUT2D eigenvalue weighted by Gasteiger charge is 2.47. The molecule has 1 aliphatic heterocycles. The molecular formula is C22H17BrClNO5S2. The third-order valence-electron chi connectivity index (χ3n) is 4.78. The van der Waals surface area contributed by atoms with Crippen molar-refractivity contribution in [2.24, 2.45) is 0 Å². The number of aromatic nitrogens is 1. The number of rotatable bonds is 5. The van der Waals surface area contributed by atoms with Crippen LogP contribution in [0.25, 0.3) is 0 Å². The maximum atomic E-state index is 12.1. The fourth-order valence-electron chi connectivity index (χ4n) is 3.30. The van der Waals surface area contributed by atoms with Crippen LogP contribution in [0.2, 0.25) is 5.02 Å². The second kappa shape index (κ2) is 9.94. The first-order valence-corrected chi connectivity index (χ1v) is 12.3. The lowest BCUT2D eigenvalue weighted by Gasteiger charge is -2.40. The van der Waals surface area contributed by atoms with Crippen LogP contribution in [0.15, 0.2) is 79.5 Å². The summed E-state index contributed by atoms with van der Waals surface area (Å²) in [6.45, 7) is 0. The van der Waals surface area contributed by atoms with Gasteiger partial charge in [-0.05, 0) is 57.0 Å². The van der Waals surface area contributed by atoms with E-state index >= 15 is 0 Å². The van der Waals surface area contributed by atoms with E-state index in [1.807, 2.05) is 29.0 Å². The van der Waals surface area contributed by atoms with Gasteiger partial charge in [0.25, 0.3) is 0 Å². The number of hydrogen-bond acceptors (Lipinski definition) is 8. The van der Waals surface area contributed by atoms with Crippen molar-refractivity contribution in [3.63, 3.8) is 0 Å². The summed E-state index contributed by atoms with van der Waals surface area (Å²) in [5.41, 5.74) is 0.170. The summed E-state index contributed by atoms with van der Waals surface area (Å²) in [6.07, 6.45) is -0.543. The molecule has 0 spiro atoms. The maximum Gasteiger partial charge on any atom is 0.513 e. The molecule has 2 aromatic heterocycles. The van der Waals surface area contributed by atoms with Crippen LogP contribution >= 0.6 is 50.6 Å². The molecule has 0 fully saturated rings. The molecule has 0 saturated carbocycles. The Balaban J connectivity index is 1.83. The van der Waals surface area contributed by atoms with Gasteiger partial charge in [0.15, 0.2) is 6.29 Å². The summed E-state index contributed by atoms with van der Waals surface area (Å²) in [4.78, 5) is 17.6. The van der Waals surface area contributed by atoms with E-state index in [4.69, 9.17) is 25.8 Å². The van der Waals surface area contributed by atoms with Gasteiger partial charge in [0.2, 0.25) is 0 Å². The lowest BCUT2D eigenvalue weighted by molar-refractivity contribution is -0.166. The van der Waals surface area contributed by atoms with Crippen molar-refractivity contribution < 1.29 is 24.1 Å². The summed E-state index contributed by atoms with van der Waals surface area (Å²) in [7, 11) is 1.22. The number of aliphatic hydroxyl groups excluding tert-OH is 1. The third kappa shape index (κ3) is 4.73. The Morgan fingerprint density at radius 2 is 2.16 bits per heavy atom. The molecule has 1 N–H and O–H groups in total. The Kier molecular flexibility index (Phi) is 7.24. The summed E-state index contributed by atoms with van der Waals surface area (Å²) in [5.74, 6) is 0.219. The average molecular weight is 555 g/mol.